The molecule has 3 heterocycles. The Morgan fingerprint density at radius 2 is 1.54 bits per heavy atom. The second-order valence-corrected chi connectivity index (χ2v) is 8.80. The summed E-state index contributed by atoms with van der Waals surface area (Å²) in [4.78, 5) is 48.6. The SMILES string of the molecule is O=C1COC(=O)N1CC1CN(S(=O)(=O)c2ccc(N3C(=O)CCC3=O)cc2)C1. The molecule has 0 radical (unpaired) electrons. The molecule has 0 aliphatic carbocycles. The molecule has 0 unspecified atom stereocenters. The summed E-state index contributed by atoms with van der Waals surface area (Å²) in [6.07, 6.45) is -0.393. The van der Waals surface area contributed by atoms with E-state index in [1.807, 2.05) is 0 Å². The van der Waals surface area contributed by atoms with Crippen molar-refractivity contribution in [2.45, 2.75) is 17.7 Å². The lowest BCUT2D eigenvalue weighted by atomic mass is 10.0. The minimum Gasteiger partial charge on any atom is -0.439 e. The van der Waals surface area contributed by atoms with E-state index in [0.29, 0.717) is 5.69 Å². The average molecular weight is 407 g/mol. The van der Waals surface area contributed by atoms with Crippen molar-refractivity contribution in [2.24, 2.45) is 5.92 Å². The summed E-state index contributed by atoms with van der Waals surface area (Å²) >= 11 is 0. The van der Waals surface area contributed by atoms with Gasteiger partial charge in [-0.3, -0.25) is 19.3 Å². The number of hydrogen-bond donors (Lipinski definition) is 0. The number of cyclic esters (lactones) is 1. The summed E-state index contributed by atoms with van der Waals surface area (Å²) in [5, 5.41) is 0. The van der Waals surface area contributed by atoms with Crippen molar-refractivity contribution in [3.05, 3.63) is 24.3 Å². The molecule has 1 aromatic carbocycles. The maximum Gasteiger partial charge on any atom is 0.417 e. The minimum absolute atomic E-state index is 0.0467. The highest BCUT2D eigenvalue weighted by Gasteiger charge is 2.41. The van der Waals surface area contributed by atoms with Crippen molar-refractivity contribution >= 4 is 39.5 Å². The van der Waals surface area contributed by atoms with Crippen LogP contribution in [0.15, 0.2) is 29.2 Å². The van der Waals surface area contributed by atoms with Gasteiger partial charge in [-0.2, -0.15) is 4.31 Å². The quantitative estimate of drug-likeness (QED) is 0.627. The molecule has 4 rings (SSSR count). The first kappa shape index (κ1) is 18.6. The number of rotatable bonds is 5. The van der Waals surface area contributed by atoms with E-state index in [9.17, 15) is 27.6 Å². The molecular formula is C17H17N3O7S. The van der Waals surface area contributed by atoms with E-state index in [0.717, 1.165) is 9.80 Å². The zero-order valence-electron chi connectivity index (χ0n) is 14.7. The van der Waals surface area contributed by atoms with E-state index in [-0.39, 0.29) is 61.7 Å². The molecule has 11 heteroatoms. The first-order valence-corrected chi connectivity index (χ1v) is 10.1. The summed E-state index contributed by atoms with van der Waals surface area (Å²) in [6.45, 7) is 0.220. The predicted octanol–water partition coefficient (Wildman–Crippen LogP) is -0.0607. The summed E-state index contributed by atoms with van der Waals surface area (Å²) in [6, 6.07) is 5.59. The van der Waals surface area contributed by atoms with Crippen molar-refractivity contribution in [1.29, 1.82) is 0 Å². The molecule has 0 N–H and O–H groups in total. The number of ether oxygens (including phenoxy) is 1. The zero-order chi connectivity index (χ0) is 20.1. The maximum absolute atomic E-state index is 12.7. The van der Waals surface area contributed by atoms with E-state index in [1.54, 1.807) is 0 Å². The molecule has 3 aliphatic heterocycles. The molecule has 0 bridgehead atoms. The monoisotopic (exact) mass is 407 g/mol. The molecule has 4 amide bonds. The number of imide groups is 2. The molecule has 0 saturated carbocycles. The number of benzene rings is 1. The van der Waals surface area contributed by atoms with Gasteiger partial charge in [0.15, 0.2) is 6.61 Å². The third-order valence-electron chi connectivity index (χ3n) is 4.99. The number of carbonyl (C=O) groups excluding carboxylic acids is 4. The molecule has 3 fully saturated rings. The van der Waals surface area contributed by atoms with Crippen LogP contribution in [0.3, 0.4) is 0 Å². The van der Waals surface area contributed by atoms with E-state index in [1.165, 1.54) is 28.6 Å². The van der Waals surface area contributed by atoms with Gasteiger partial charge < -0.3 is 4.74 Å². The first-order valence-electron chi connectivity index (χ1n) is 8.70. The fourth-order valence-electron chi connectivity index (χ4n) is 3.43. The third-order valence-corrected chi connectivity index (χ3v) is 6.84. The Morgan fingerprint density at radius 1 is 0.929 bits per heavy atom. The lowest BCUT2D eigenvalue weighted by Crippen LogP contribution is -2.54. The van der Waals surface area contributed by atoms with Gasteiger partial charge in [0.2, 0.25) is 21.8 Å². The van der Waals surface area contributed by atoms with E-state index in [4.69, 9.17) is 0 Å². The summed E-state index contributed by atoms with van der Waals surface area (Å²) in [5.74, 6) is -1.18. The maximum atomic E-state index is 12.7. The van der Waals surface area contributed by atoms with Gasteiger partial charge >= 0.3 is 6.09 Å². The minimum atomic E-state index is -3.74. The number of carbonyl (C=O) groups is 4. The summed E-state index contributed by atoms with van der Waals surface area (Å²) < 4.78 is 31.3. The predicted molar refractivity (Wildman–Crippen MR) is 93.5 cm³/mol. The van der Waals surface area contributed by atoms with Crippen molar-refractivity contribution in [3.63, 3.8) is 0 Å². The highest BCUT2D eigenvalue weighted by molar-refractivity contribution is 7.89. The Balaban J connectivity index is 1.41. The van der Waals surface area contributed by atoms with E-state index < -0.39 is 22.0 Å². The molecule has 28 heavy (non-hydrogen) atoms. The number of amides is 4. The van der Waals surface area contributed by atoms with Crippen molar-refractivity contribution in [1.82, 2.24) is 9.21 Å². The van der Waals surface area contributed by atoms with Gasteiger partial charge in [0.25, 0.3) is 5.91 Å². The van der Waals surface area contributed by atoms with Crippen LogP contribution in [-0.4, -0.2) is 67.7 Å². The molecule has 0 aromatic heterocycles. The average Bonchev–Trinajstić information content (AvgIpc) is 3.12. The smallest absolute Gasteiger partial charge is 0.417 e. The van der Waals surface area contributed by atoms with Crippen LogP contribution in [0.25, 0.3) is 0 Å². The van der Waals surface area contributed by atoms with Crippen molar-refractivity contribution in [3.8, 4) is 0 Å². The number of nitrogens with zero attached hydrogens (tertiary/aromatic N) is 3. The van der Waals surface area contributed by atoms with Crippen LogP contribution in [0.4, 0.5) is 10.5 Å². The Labute approximate surface area is 160 Å². The molecule has 1 aromatic rings. The third kappa shape index (κ3) is 3.06. The van der Waals surface area contributed by atoms with Crippen LogP contribution in [0.5, 0.6) is 0 Å². The van der Waals surface area contributed by atoms with Gasteiger partial charge in [-0.05, 0) is 24.3 Å². The second-order valence-electron chi connectivity index (χ2n) is 6.86. The molecule has 148 valence electrons. The van der Waals surface area contributed by atoms with Gasteiger partial charge in [-0.25, -0.2) is 18.1 Å². The Bertz CT molecular complexity index is 935. The lowest BCUT2D eigenvalue weighted by Gasteiger charge is -2.39. The largest absolute Gasteiger partial charge is 0.439 e. The molecular weight excluding hydrogens is 390 g/mol. The molecule has 0 atom stereocenters. The fourth-order valence-corrected chi connectivity index (χ4v) is 5.02. The lowest BCUT2D eigenvalue weighted by molar-refractivity contribution is -0.126. The van der Waals surface area contributed by atoms with Crippen LogP contribution in [0.1, 0.15) is 12.8 Å². The normalized spacial score (nSPS) is 21.4. The fraction of sp³-hybridized carbons (Fsp3) is 0.412. The molecule has 3 saturated heterocycles. The van der Waals surface area contributed by atoms with Crippen LogP contribution in [-0.2, 0) is 29.1 Å². The van der Waals surface area contributed by atoms with Crippen LogP contribution in [0, 0.1) is 5.92 Å². The Hall–Kier alpha value is -2.79. The Kier molecular flexibility index (Phi) is 4.42. The van der Waals surface area contributed by atoms with Gasteiger partial charge in [0, 0.05) is 38.4 Å². The highest BCUT2D eigenvalue weighted by atomic mass is 32.2. The van der Waals surface area contributed by atoms with Crippen LogP contribution in [0.2, 0.25) is 0 Å². The van der Waals surface area contributed by atoms with Gasteiger partial charge in [-0.15, -0.1) is 0 Å². The number of anilines is 1. The second kappa shape index (κ2) is 6.67. The molecule has 3 aliphatic rings. The molecule has 0 spiro atoms. The van der Waals surface area contributed by atoms with Gasteiger partial charge in [-0.1, -0.05) is 0 Å². The van der Waals surface area contributed by atoms with Gasteiger partial charge in [0.1, 0.15) is 0 Å². The van der Waals surface area contributed by atoms with E-state index >= 15 is 0 Å². The number of sulfonamides is 1. The highest BCUT2D eigenvalue weighted by Crippen LogP contribution is 2.29. The molecule has 10 nitrogen and oxygen atoms in total. The topological polar surface area (TPSA) is 121 Å². The van der Waals surface area contributed by atoms with Gasteiger partial charge in [0.05, 0.1) is 10.6 Å². The van der Waals surface area contributed by atoms with Crippen LogP contribution < -0.4 is 4.90 Å². The summed E-state index contributed by atoms with van der Waals surface area (Å²) in [7, 11) is -3.74. The van der Waals surface area contributed by atoms with E-state index in [2.05, 4.69) is 4.74 Å². The summed E-state index contributed by atoms with van der Waals surface area (Å²) in [5.41, 5.74) is 0.346. The van der Waals surface area contributed by atoms with Crippen molar-refractivity contribution < 1.29 is 32.3 Å². The first-order chi connectivity index (χ1) is 13.3. The zero-order valence-corrected chi connectivity index (χ0v) is 15.6. The van der Waals surface area contributed by atoms with Crippen LogP contribution >= 0.6 is 0 Å². The van der Waals surface area contributed by atoms with Crippen molar-refractivity contribution in [2.75, 3.05) is 31.1 Å². The number of hydrogen-bond acceptors (Lipinski definition) is 7. The Morgan fingerprint density at radius 3 is 2.07 bits per heavy atom. The standard InChI is InChI=1S/C17H17N3O7S/c21-14-5-6-15(22)20(14)12-1-3-13(4-2-12)28(25,26)18-7-11(8-18)9-19-16(23)10-27-17(19)24/h1-4,11H,5-10H2.